The SMILES string of the molecule is O=C(c1nn[nH]n1)N(CC1CCCCC1)C1CC1. The molecule has 0 bridgehead atoms. The van der Waals surface area contributed by atoms with Crippen molar-refractivity contribution in [1.29, 1.82) is 0 Å². The molecular formula is C12H19N5O. The highest BCUT2D eigenvalue weighted by Gasteiger charge is 2.36. The Labute approximate surface area is 106 Å². The van der Waals surface area contributed by atoms with Crippen LogP contribution in [0.2, 0.25) is 0 Å². The third-order valence-corrected chi connectivity index (χ3v) is 3.96. The number of hydrogen-bond donors (Lipinski definition) is 1. The number of carbonyl (C=O) groups is 1. The number of amides is 1. The topological polar surface area (TPSA) is 74.8 Å². The molecule has 18 heavy (non-hydrogen) atoms. The molecule has 0 saturated heterocycles. The minimum atomic E-state index is -0.0585. The van der Waals surface area contributed by atoms with Gasteiger partial charge in [0.05, 0.1) is 0 Å². The molecule has 6 heteroatoms. The summed E-state index contributed by atoms with van der Waals surface area (Å²) in [5.74, 6) is 0.810. The summed E-state index contributed by atoms with van der Waals surface area (Å²) in [6, 6.07) is 0.415. The van der Waals surface area contributed by atoms with Crippen LogP contribution >= 0.6 is 0 Å². The van der Waals surface area contributed by atoms with Crippen molar-refractivity contribution in [1.82, 2.24) is 25.5 Å². The molecule has 0 atom stereocenters. The van der Waals surface area contributed by atoms with E-state index in [4.69, 9.17) is 0 Å². The van der Waals surface area contributed by atoms with E-state index in [-0.39, 0.29) is 11.7 Å². The minimum absolute atomic E-state index is 0.0585. The molecule has 0 radical (unpaired) electrons. The Balaban J connectivity index is 1.66. The normalized spacial score (nSPS) is 20.9. The number of tetrazole rings is 1. The van der Waals surface area contributed by atoms with Gasteiger partial charge in [0.1, 0.15) is 0 Å². The molecule has 2 aliphatic carbocycles. The molecule has 1 aromatic heterocycles. The molecule has 2 fully saturated rings. The molecule has 0 aromatic carbocycles. The maximum Gasteiger partial charge on any atom is 0.295 e. The first kappa shape index (κ1) is 11.6. The van der Waals surface area contributed by atoms with Crippen molar-refractivity contribution in [2.75, 3.05) is 6.54 Å². The van der Waals surface area contributed by atoms with Gasteiger partial charge in [-0.3, -0.25) is 4.79 Å². The predicted octanol–water partition coefficient (Wildman–Crippen LogP) is 1.38. The van der Waals surface area contributed by atoms with E-state index in [9.17, 15) is 4.79 Å². The van der Waals surface area contributed by atoms with Gasteiger partial charge < -0.3 is 4.90 Å². The number of hydrogen-bond acceptors (Lipinski definition) is 4. The van der Waals surface area contributed by atoms with Gasteiger partial charge >= 0.3 is 0 Å². The molecule has 3 rings (SSSR count). The second-order valence-corrected chi connectivity index (χ2v) is 5.43. The monoisotopic (exact) mass is 249 g/mol. The van der Waals surface area contributed by atoms with E-state index in [1.165, 1.54) is 32.1 Å². The summed E-state index contributed by atoms with van der Waals surface area (Å²) in [5, 5.41) is 13.4. The second-order valence-electron chi connectivity index (χ2n) is 5.43. The van der Waals surface area contributed by atoms with Crippen LogP contribution in [-0.2, 0) is 0 Å². The van der Waals surface area contributed by atoms with Gasteiger partial charge in [0, 0.05) is 12.6 Å². The van der Waals surface area contributed by atoms with Crippen molar-refractivity contribution in [3.63, 3.8) is 0 Å². The maximum atomic E-state index is 12.3. The molecule has 1 aromatic rings. The van der Waals surface area contributed by atoms with Crippen molar-refractivity contribution in [2.45, 2.75) is 51.0 Å². The molecule has 0 spiro atoms. The molecule has 1 heterocycles. The highest BCUT2D eigenvalue weighted by atomic mass is 16.2. The van der Waals surface area contributed by atoms with Crippen molar-refractivity contribution in [3.05, 3.63) is 5.82 Å². The number of nitrogens with zero attached hydrogens (tertiary/aromatic N) is 4. The van der Waals surface area contributed by atoms with Crippen LogP contribution < -0.4 is 0 Å². The first-order valence-corrected chi connectivity index (χ1v) is 6.89. The van der Waals surface area contributed by atoms with Crippen LogP contribution in [-0.4, -0.2) is 44.0 Å². The van der Waals surface area contributed by atoms with Gasteiger partial charge in [-0.15, -0.1) is 10.2 Å². The summed E-state index contributed by atoms with van der Waals surface area (Å²) in [5.41, 5.74) is 0. The molecule has 1 amide bonds. The van der Waals surface area contributed by atoms with E-state index in [0.717, 1.165) is 19.4 Å². The zero-order valence-corrected chi connectivity index (χ0v) is 10.5. The van der Waals surface area contributed by atoms with E-state index in [1.807, 2.05) is 4.90 Å². The Morgan fingerprint density at radius 3 is 2.61 bits per heavy atom. The minimum Gasteiger partial charge on any atom is -0.333 e. The van der Waals surface area contributed by atoms with Crippen molar-refractivity contribution >= 4 is 5.91 Å². The molecule has 2 saturated carbocycles. The fourth-order valence-electron chi connectivity index (χ4n) is 2.81. The van der Waals surface area contributed by atoms with E-state index < -0.39 is 0 Å². The van der Waals surface area contributed by atoms with Gasteiger partial charge in [0.15, 0.2) is 0 Å². The lowest BCUT2D eigenvalue weighted by Gasteiger charge is -2.29. The molecule has 0 aliphatic heterocycles. The summed E-state index contributed by atoms with van der Waals surface area (Å²) in [7, 11) is 0. The molecule has 1 N–H and O–H groups in total. The molecule has 6 nitrogen and oxygen atoms in total. The van der Waals surface area contributed by atoms with Crippen LogP contribution in [0.3, 0.4) is 0 Å². The van der Waals surface area contributed by atoms with Gasteiger partial charge in [-0.05, 0) is 36.8 Å². The lowest BCUT2D eigenvalue weighted by Crippen LogP contribution is -2.38. The van der Waals surface area contributed by atoms with E-state index in [0.29, 0.717) is 12.0 Å². The number of nitrogens with one attached hydrogen (secondary N) is 1. The smallest absolute Gasteiger partial charge is 0.295 e. The third kappa shape index (κ3) is 2.52. The van der Waals surface area contributed by atoms with Crippen LogP contribution in [0.1, 0.15) is 55.6 Å². The van der Waals surface area contributed by atoms with Crippen molar-refractivity contribution < 1.29 is 4.79 Å². The van der Waals surface area contributed by atoms with Gasteiger partial charge in [-0.25, -0.2) is 0 Å². The number of aromatic amines is 1. The number of rotatable bonds is 4. The Hall–Kier alpha value is -1.46. The largest absolute Gasteiger partial charge is 0.333 e. The zero-order chi connectivity index (χ0) is 12.4. The van der Waals surface area contributed by atoms with Gasteiger partial charge in [-0.2, -0.15) is 5.21 Å². The molecular weight excluding hydrogens is 230 g/mol. The summed E-state index contributed by atoms with van der Waals surface area (Å²) in [6.07, 6.45) is 8.70. The van der Waals surface area contributed by atoms with Crippen molar-refractivity contribution in [2.24, 2.45) is 5.92 Å². The lowest BCUT2D eigenvalue weighted by atomic mass is 9.89. The molecule has 0 unspecified atom stereocenters. The first-order valence-electron chi connectivity index (χ1n) is 6.89. The van der Waals surface area contributed by atoms with Crippen LogP contribution in [0.25, 0.3) is 0 Å². The van der Waals surface area contributed by atoms with Crippen LogP contribution in [0.4, 0.5) is 0 Å². The average Bonchev–Trinajstić information content (AvgIpc) is 3.10. The molecule has 98 valence electrons. The zero-order valence-electron chi connectivity index (χ0n) is 10.5. The van der Waals surface area contributed by atoms with Gasteiger partial charge in [-0.1, -0.05) is 19.3 Å². The highest BCUT2D eigenvalue weighted by molar-refractivity contribution is 5.90. The summed E-state index contributed by atoms with van der Waals surface area (Å²) in [4.78, 5) is 14.3. The number of carbonyl (C=O) groups excluding carboxylic acids is 1. The summed E-state index contributed by atoms with van der Waals surface area (Å²) < 4.78 is 0. The summed E-state index contributed by atoms with van der Waals surface area (Å²) in [6.45, 7) is 0.873. The van der Waals surface area contributed by atoms with E-state index in [1.54, 1.807) is 0 Å². The average molecular weight is 249 g/mol. The van der Waals surface area contributed by atoms with E-state index in [2.05, 4.69) is 20.6 Å². The Bertz CT molecular complexity index is 395. The van der Waals surface area contributed by atoms with Gasteiger partial charge in [0.25, 0.3) is 11.7 Å². The standard InChI is InChI=1S/C12H19N5O/c18-12(11-13-15-16-14-11)17(10-6-7-10)8-9-4-2-1-3-5-9/h9-10H,1-8H2,(H,13,14,15,16). The van der Waals surface area contributed by atoms with Crippen LogP contribution in [0.5, 0.6) is 0 Å². The quantitative estimate of drug-likeness (QED) is 0.874. The first-order chi connectivity index (χ1) is 8.84. The Morgan fingerprint density at radius 2 is 2.00 bits per heavy atom. The number of aromatic nitrogens is 4. The Morgan fingerprint density at radius 1 is 1.22 bits per heavy atom. The van der Waals surface area contributed by atoms with Crippen molar-refractivity contribution in [3.8, 4) is 0 Å². The Kier molecular flexibility index (Phi) is 3.25. The maximum absolute atomic E-state index is 12.3. The summed E-state index contributed by atoms with van der Waals surface area (Å²) >= 11 is 0. The fourth-order valence-corrected chi connectivity index (χ4v) is 2.81. The van der Waals surface area contributed by atoms with E-state index >= 15 is 0 Å². The van der Waals surface area contributed by atoms with Crippen LogP contribution in [0, 0.1) is 5.92 Å². The predicted molar refractivity (Wildman–Crippen MR) is 64.8 cm³/mol. The lowest BCUT2D eigenvalue weighted by molar-refractivity contribution is 0.0686. The fraction of sp³-hybridized carbons (Fsp3) is 0.833. The third-order valence-electron chi connectivity index (χ3n) is 3.96. The molecule has 2 aliphatic rings. The number of H-pyrrole nitrogens is 1. The van der Waals surface area contributed by atoms with Crippen LogP contribution in [0.15, 0.2) is 0 Å². The highest BCUT2D eigenvalue weighted by Crippen LogP contribution is 2.31. The van der Waals surface area contributed by atoms with Gasteiger partial charge in [0.2, 0.25) is 0 Å². The second kappa shape index (κ2) is 5.04.